The number of benzene rings is 3. The van der Waals surface area contributed by atoms with Gasteiger partial charge in [0.05, 0.1) is 36.1 Å². The minimum absolute atomic E-state index is 0.0114. The van der Waals surface area contributed by atoms with Crippen molar-refractivity contribution in [3.05, 3.63) is 89.5 Å². The second-order valence-corrected chi connectivity index (χ2v) is 8.62. The van der Waals surface area contributed by atoms with Gasteiger partial charge in [-0.2, -0.15) is 0 Å². The standard InChI is InChI=1S/C26H20N2O5S/c1-32-18-13-12-16(14-19(18)33-2)22-21(23(29)15-8-4-3-5-9-15)24(30)25(31)28(22)26-27-17-10-6-7-11-20(17)34-26/h3-14,22,29H,1-2H3/b23-21+. The molecule has 3 aromatic carbocycles. The fourth-order valence-corrected chi connectivity index (χ4v) is 5.07. The predicted molar refractivity (Wildman–Crippen MR) is 130 cm³/mol. The monoisotopic (exact) mass is 472 g/mol. The third-order valence-corrected chi connectivity index (χ3v) is 6.74. The number of hydrogen-bond donors (Lipinski definition) is 1. The number of Topliss-reactive ketones (excluding diaryl/α,β-unsaturated/α-hetero) is 1. The number of hydrogen-bond acceptors (Lipinski definition) is 7. The third-order valence-electron chi connectivity index (χ3n) is 5.70. The number of nitrogens with zero attached hydrogens (tertiary/aromatic N) is 2. The van der Waals surface area contributed by atoms with Gasteiger partial charge in [0.25, 0.3) is 5.78 Å². The lowest BCUT2D eigenvalue weighted by Gasteiger charge is -2.23. The Morgan fingerprint density at radius 2 is 1.65 bits per heavy atom. The number of ether oxygens (including phenoxy) is 2. The number of fused-ring (bicyclic) bond motifs is 1. The van der Waals surface area contributed by atoms with Gasteiger partial charge in [-0.1, -0.05) is 59.9 Å². The molecule has 0 bridgehead atoms. The van der Waals surface area contributed by atoms with Crippen molar-refractivity contribution in [2.75, 3.05) is 19.1 Å². The highest BCUT2D eigenvalue weighted by atomic mass is 32.1. The highest BCUT2D eigenvalue weighted by Crippen LogP contribution is 2.45. The van der Waals surface area contributed by atoms with Crippen LogP contribution >= 0.6 is 11.3 Å². The summed E-state index contributed by atoms with van der Waals surface area (Å²) in [5.74, 6) is -0.833. The molecule has 8 heteroatoms. The van der Waals surface area contributed by atoms with Crippen molar-refractivity contribution >= 4 is 44.1 Å². The van der Waals surface area contributed by atoms with Crippen LogP contribution in [0.2, 0.25) is 0 Å². The molecule has 7 nitrogen and oxygen atoms in total. The van der Waals surface area contributed by atoms with Crippen LogP contribution in [0.3, 0.4) is 0 Å². The molecular formula is C26H20N2O5S. The SMILES string of the molecule is COc1ccc(C2/C(=C(\O)c3ccccc3)C(=O)C(=O)N2c2nc3ccccc3s2)cc1OC. The quantitative estimate of drug-likeness (QED) is 0.251. The van der Waals surface area contributed by atoms with Crippen molar-refractivity contribution in [2.24, 2.45) is 0 Å². The maximum Gasteiger partial charge on any atom is 0.301 e. The fourth-order valence-electron chi connectivity index (χ4n) is 4.08. The van der Waals surface area contributed by atoms with Gasteiger partial charge in [0.2, 0.25) is 0 Å². The predicted octanol–water partition coefficient (Wildman–Crippen LogP) is 4.94. The van der Waals surface area contributed by atoms with Gasteiger partial charge < -0.3 is 14.6 Å². The number of aliphatic hydroxyl groups is 1. The molecule has 1 saturated heterocycles. The molecule has 0 spiro atoms. The molecule has 1 fully saturated rings. The zero-order valence-electron chi connectivity index (χ0n) is 18.4. The van der Waals surface area contributed by atoms with E-state index in [2.05, 4.69) is 4.98 Å². The normalized spacial score (nSPS) is 17.4. The number of anilines is 1. The summed E-state index contributed by atoms with van der Waals surface area (Å²) >= 11 is 1.31. The van der Waals surface area contributed by atoms with E-state index in [1.54, 1.807) is 42.5 Å². The van der Waals surface area contributed by atoms with E-state index >= 15 is 0 Å². The molecule has 5 rings (SSSR count). The van der Waals surface area contributed by atoms with Gasteiger partial charge in [-0.05, 0) is 29.8 Å². The highest BCUT2D eigenvalue weighted by Gasteiger charge is 2.48. The van der Waals surface area contributed by atoms with Crippen molar-refractivity contribution in [1.82, 2.24) is 4.98 Å². The number of thiazole rings is 1. The van der Waals surface area contributed by atoms with Gasteiger partial charge in [0, 0.05) is 5.56 Å². The van der Waals surface area contributed by atoms with Gasteiger partial charge in [-0.3, -0.25) is 14.5 Å². The van der Waals surface area contributed by atoms with Crippen molar-refractivity contribution in [3.8, 4) is 11.5 Å². The number of aromatic nitrogens is 1. The average molecular weight is 473 g/mol. The molecule has 0 aliphatic carbocycles. The van der Waals surface area contributed by atoms with E-state index < -0.39 is 17.7 Å². The molecule has 0 saturated carbocycles. The number of para-hydroxylation sites is 1. The Bertz CT molecular complexity index is 1410. The van der Waals surface area contributed by atoms with Crippen LogP contribution in [-0.2, 0) is 9.59 Å². The Labute approximate surface area is 199 Å². The third kappa shape index (κ3) is 3.48. The van der Waals surface area contributed by atoms with Gasteiger partial charge in [0.15, 0.2) is 16.6 Å². The van der Waals surface area contributed by atoms with Crippen molar-refractivity contribution in [2.45, 2.75) is 6.04 Å². The average Bonchev–Trinajstić information content (AvgIpc) is 3.42. The van der Waals surface area contributed by atoms with E-state index in [4.69, 9.17) is 9.47 Å². The Kier molecular flexibility index (Phi) is 5.51. The summed E-state index contributed by atoms with van der Waals surface area (Å²) in [7, 11) is 3.04. The molecule has 4 aromatic rings. The molecule has 1 aliphatic heterocycles. The van der Waals surface area contributed by atoms with E-state index in [9.17, 15) is 14.7 Å². The van der Waals surface area contributed by atoms with Gasteiger partial charge in [-0.25, -0.2) is 4.98 Å². The van der Waals surface area contributed by atoms with Crippen molar-refractivity contribution in [3.63, 3.8) is 0 Å². The molecule has 170 valence electrons. The number of rotatable bonds is 5. The summed E-state index contributed by atoms with van der Waals surface area (Å²) in [6.45, 7) is 0. The first-order valence-corrected chi connectivity index (χ1v) is 11.3. The van der Waals surface area contributed by atoms with Crippen LogP contribution in [-0.4, -0.2) is 36.0 Å². The lowest BCUT2D eigenvalue weighted by atomic mass is 9.95. The van der Waals surface area contributed by atoms with Gasteiger partial charge >= 0.3 is 5.91 Å². The van der Waals surface area contributed by atoms with Crippen LogP contribution in [0, 0.1) is 0 Å². The van der Waals surface area contributed by atoms with E-state index in [1.165, 1.54) is 30.5 Å². The van der Waals surface area contributed by atoms with Crippen LogP contribution < -0.4 is 14.4 Å². The summed E-state index contributed by atoms with van der Waals surface area (Å²) in [6, 6.07) is 20.4. The molecule has 1 atom stereocenters. The summed E-state index contributed by atoms with van der Waals surface area (Å²) in [5, 5.41) is 11.5. The second kappa shape index (κ2) is 8.64. The lowest BCUT2D eigenvalue weighted by Crippen LogP contribution is -2.29. The lowest BCUT2D eigenvalue weighted by molar-refractivity contribution is -0.132. The number of amides is 1. The van der Waals surface area contributed by atoms with E-state index in [1.807, 2.05) is 30.3 Å². The number of methoxy groups -OCH3 is 2. The van der Waals surface area contributed by atoms with Crippen LogP contribution in [0.5, 0.6) is 11.5 Å². The molecule has 0 radical (unpaired) electrons. The Hall–Kier alpha value is -4.17. The van der Waals surface area contributed by atoms with Crippen molar-refractivity contribution in [1.29, 1.82) is 0 Å². The molecule has 1 N–H and O–H groups in total. The van der Waals surface area contributed by atoms with Crippen LogP contribution in [0.25, 0.3) is 16.0 Å². The molecule has 1 amide bonds. The summed E-state index contributed by atoms with van der Waals surface area (Å²) in [4.78, 5) is 32.6. The molecular weight excluding hydrogens is 452 g/mol. The second-order valence-electron chi connectivity index (χ2n) is 7.61. The Morgan fingerprint density at radius 1 is 0.941 bits per heavy atom. The van der Waals surface area contributed by atoms with Gasteiger partial charge in [0.1, 0.15) is 5.76 Å². The van der Waals surface area contributed by atoms with Crippen molar-refractivity contribution < 1.29 is 24.2 Å². The maximum atomic E-state index is 13.3. The fraction of sp³-hybridized carbons (Fsp3) is 0.115. The smallest absolute Gasteiger partial charge is 0.301 e. The molecule has 1 aromatic heterocycles. The first-order chi connectivity index (χ1) is 16.5. The molecule has 1 aliphatic rings. The summed E-state index contributed by atoms with van der Waals surface area (Å²) in [5.41, 5.74) is 1.73. The molecule has 1 unspecified atom stereocenters. The topological polar surface area (TPSA) is 89.0 Å². The summed E-state index contributed by atoms with van der Waals surface area (Å²) in [6.07, 6.45) is 0. The number of aliphatic hydroxyl groups excluding tert-OH is 1. The zero-order valence-corrected chi connectivity index (χ0v) is 19.2. The highest BCUT2D eigenvalue weighted by molar-refractivity contribution is 7.22. The molecule has 2 heterocycles. The van der Waals surface area contributed by atoms with Crippen LogP contribution in [0.15, 0.2) is 78.4 Å². The maximum absolute atomic E-state index is 13.3. The van der Waals surface area contributed by atoms with Crippen LogP contribution in [0.4, 0.5) is 5.13 Å². The first-order valence-electron chi connectivity index (χ1n) is 10.5. The molecule has 34 heavy (non-hydrogen) atoms. The number of carbonyl (C=O) groups is 2. The van der Waals surface area contributed by atoms with Gasteiger partial charge in [-0.15, -0.1) is 0 Å². The summed E-state index contributed by atoms with van der Waals surface area (Å²) < 4.78 is 11.7. The zero-order chi connectivity index (χ0) is 23.8. The minimum Gasteiger partial charge on any atom is -0.507 e. The first kappa shape index (κ1) is 21.7. The van der Waals surface area contributed by atoms with E-state index in [0.717, 1.165) is 10.2 Å². The Morgan fingerprint density at radius 3 is 2.35 bits per heavy atom. The Balaban J connectivity index is 1.75. The largest absolute Gasteiger partial charge is 0.507 e. The van der Waals surface area contributed by atoms with E-state index in [0.29, 0.717) is 27.8 Å². The van der Waals surface area contributed by atoms with Crippen LogP contribution in [0.1, 0.15) is 17.2 Å². The minimum atomic E-state index is -0.902. The number of carbonyl (C=O) groups excluding carboxylic acids is 2. The van der Waals surface area contributed by atoms with E-state index in [-0.39, 0.29) is 11.3 Å². The number of ketones is 1.